The number of hydrogen-bond acceptors (Lipinski definition) is 6. The zero-order chi connectivity index (χ0) is 22.8. The van der Waals surface area contributed by atoms with E-state index in [-0.39, 0.29) is 17.7 Å². The largest absolute Gasteiger partial charge is 0.453 e. The fraction of sp³-hybridized carbons (Fsp3) is 0.609. The maximum Gasteiger partial charge on any atom is 0.407 e. The summed E-state index contributed by atoms with van der Waals surface area (Å²) in [4.78, 5) is 37.1. The fourth-order valence-electron chi connectivity index (χ4n) is 4.95. The van der Waals surface area contributed by atoms with Gasteiger partial charge in [-0.3, -0.25) is 9.69 Å². The van der Waals surface area contributed by atoms with Crippen molar-refractivity contribution in [3.8, 4) is 0 Å². The number of imidazole rings is 1. The number of nitrogens with one attached hydrogen (secondary N) is 2. The molecule has 32 heavy (non-hydrogen) atoms. The van der Waals surface area contributed by atoms with E-state index in [4.69, 9.17) is 11.6 Å². The minimum Gasteiger partial charge on any atom is -0.453 e. The number of ketones is 1. The van der Waals surface area contributed by atoms with Gasteiger partial charge in [-0.15, -0.1) is 0 Å². The lowest BCUT2D eigenvalue weighted by Gasteiger charge is -2.41. The number of Topliss-reactive ketones (excluding diaryl/α,β-unsaturated/α-hetero) is 1. The molecule has 9 heteroatoms. The number of H-pyrrole nitrogens is 1. The quantitative estimate of drug-likeness (QED) is 0.657. The van der Waals surface area contributed by atoms with Crippen molar-refractivity contribution in [3.05, 3.63) is 23.0 Å². The number of carbonyl (C=O) groups excluding carboxylic acids is 2. The summed E-state index contributed by atoms with van der Waals surface area (Å²) in [7, 11) is 1.36. The van der Waals surface area contributed by atoms with E-state index < -0.39 is 6.09 Å². The Morgan fingerprint density at radius 1 is 1.25 bits per heavy atom. The molecule has 0 spiro atoms. The van der Waals surface area contributed by atoms with Gasteiger partial charge in [0, 0.05) is 37.6 Å². The van der Waals surface area contributed by atoms with Gasteiger partial charge in [-0.2, -0.15) is 0 Å². The molecule has 1 aliphatic heterocycles. The lowest BCUT2D eigenvalue weighted by molar-refractivity contribution is 0.0869. The number of alkyl carbamates (subject to hydrolysis) is 1. The molecule has 1 aromatic carbocycles. The minimum atomic E-state index is -0.421. The predicted octanol–water partition coefficient (Wildman–Crippen LogP) is 3.84. The van der Waals surface area contributed by atoms with E-state index in [0.717, 1.165) is 63.1 Å². The Bertz CT molecular complexity index is 985. The first-order chi connectivity index (χ1) is 15.4. The van der Waals surface area contributed by atoms with Crippen LogP contribution in [0.3, 0.4) is 0 Å². The van der Waals surface area contributed by atoms with Crippen LogP contribution in [0.1, 0.15) is 50.1 Å². The van der Waals surface area contributed by atoms with Crippen LogP contribution in [0.5, 0.6) is 0 Å². The first kappa shape index (κ1) is 22.9. The SMILES string of the molecule is CCN1CCN(c2cc3[nH]c(C(=O)C4CCC(NC(=O)OC)CC4)nc3cc2Cl)[C@@H](C)C1. The molecule has 2 aromatic rings. The highest BCUT2D eigenvalue weighted by Crippen LogP contribution is 2.33. The third kappa shape index (κ3) is 4.71. The van der Waals surface area contributed by atoms with Gasteiger partial charge in [0.05, 0.1) is 28.9 Å². The van der Waals surface area contributed by atoms with E-state index in [0.29, 0.717) is 22.4 Å². The van der Waals surface area contributed by atoms with Crippen LogP contribution in [0.15, 0.2) is 12.1 Å². The maximum atomic E-state index is 13.1. The van der Waals surface area contributed by atoms with Crippen LogP contribution in [0, 0.1) is 5.92 Å². The molecule has 2 N–H and O–H groups in total. The van der Waals surface area contributed by atoms with Crippen LogP contribution in [-0.2, 0) is 4.74 Å². The topological polar surface area (TPSA) is 90.6 Å². The fourth-order valence-corrected chi connectivity index (χ4v) is 5.22. The molecule has 1 amide bonds. The van der Waals surface area contributed by atoms with Crippen LogP contribution < -0.4 is 10.2 Å². The molecule has 4 rings (SSSR count). The van der Waals surface area contributed by atoms with E-state index in [9.17, 15) is 9.59 Å². The molecule has 0 radical (unpaired) electrons. The smallest absolute Gasteiger partial charge is 0.407 e. The van der Waals surface area contributed by atoms with Gasteiger partial charge in [0.2, 0.25) is 5.78 Å². The average Bonchev–Trinajstić information content (AvgIpc) is 3.21. The van der Waals surface area contributed by atoms with Crippen molar-refractivity contribution in [1.82, 2.24) is 20.2 Å². The predicted molar refractivity (Wildman–Crippen MR) is 126 cm³/mol. The first-order valence-corrected chi connectivity index (χ1v) is 11.8. The van der Waals surface area contributed by atoms with Crippen LogP contribution in [0.4, 0.5) is 10.5 Å². The summed E-state index contributed by atoms with van der Waals surface area (Å²) >= 11 is 6.64. The summed E-state index contributed by atoms with van der Waals surface area (Å²) in [5.41, 5.74) is 2.53. The molecule has 0 unspecified atom stereocenters. The van der Waals surface area contributed by atoms with Crippen molar-refractivity contribution >= 4 is 40.2 Å². The lowest BCUT2D eigenvalue weighted by Crippen LogP contribution is -2.51. The molecule has 2 fully saturated rings. The Morgan fingerprint density at radius 2 is 2.00 bits per heavy atom. The number of carbonyl (C=O) groups is 2. The van der Waals surface area contributed by atoms with Crippen LogP contribution in [0.25, 0.3) is 11.0 Å². The number of likely N-dealkylation sites (N-methyl/N-ethyl adjacent to an activating group) is 1. The minimum absolute atomic E-state index is 0.0281. The van der Waals surface area contributed by atoms with E-state index in [1.54, 1.807) is 0 Å². The molecule has 1 saturated carbocycles. The number of rotatable bonds is 5. The summed E-state index contributed by atoms with van der Waals surface area (Å²) in [6.07, 6.45) is 2.52. The van der Waals surface area contributed by atoms with E-state index in [2.05, 4.69) is 43.7 Å². The van der Waals surface area contributed by atoms with Crippen LogP contribution >= 0.6 is 11.6 Å². The number of aromatic amines is 1. The van der Waals surface area contributed by atoms with Crippen molar-refractivity contribution in [2.75, 3.05) is 38.2 Å². The lowest BCUT2D eigenvalue weighted by atomic mass is 9.83. The van der Waals surface area contributed by atoms with Gasteiger partial charge in [-0.1, -0.05) is 18.5 Å². The third-order valence-electron chi connectivity index (χ3n) is 6.86. The third-order valence-corrected chi connectivity index (χ3v) is 7.16. The number of ether oxygens (including phenoxy) is 1. The summed E-state index contributed by atoms with van der Waals surface area (Å²) in [6.45, 7) is 8.39. The van der Waals surface area contributed by atoms with E-state index >= 15 is 0 Å². The molecule has 174 valence electrons. The highest BCUT2D eigenvalue weighted by atomic mass is 35.5. The monoisotopic (exact) mass is 461 g/mol. The molecule has 1 atom stereocenters. The number of benzene rings is 1. The molecule has 1 aliphatic carbocycles. The van der Waals surface area contributed by atoms with Gasteiger partial charge >= 0.3 is 6.09 Å². The standard InChI is InChI=1S/C23H32ClN5O3/c1-4-28-9-10-29(14(2)13-28)20-12-19-18(11-17(20)24)26-22(27-19)21(30)15-5-7-16(8-6-15)25-23(31)32-3/h11-12,14-16H,4-10,13H2,1-3H3,(H,25,31)(H,26,27)/t14-,15?,16?/m0/s1. The average molecular weight is 462 g/mol. The van der Waals surface area contributed by atoms with Gasteiger partial charge in [0.15, 0.2) is 5.82 Å². The Kier molecular flexibility index (Phi) is 6.90. The second-order valence-corrected chi connectivity index (χ2v) is 9.30. The van der Waals surface area contributed by atoms with Crippen LogP contribution in [0.2, 0.25) is 5.02 Å². The highest BCUT2D eigenvalue weighted by molar-refractivity contribution is 6.34. The molecular weight excluding hydrogens is 430 g/mol. The number of nitrogens with zero attached hydrogens (tertiary/aromatic N) is 3. The van der Waals surface area contributed by atoms with Crippen LogP contribution in [-0.4, -0.2) is 72.1 Å². The Balaban J connectivity index is 1.47. The number of amides is 1. The van der Waals surface area contributed by atoms with Crippen molar-refractivity contribution in [1.29, 1.82) is 0 Å². The summed E-state index contributed by atoms with van der Waals surface area (Å²) in [5.74, 6) is 0.324. The second-order valence-electron chi connectivity index (χ2n) is 8.89. The van der Waals surface area contributed by atoms with Gasteiger partial charge in [-0.05, 0) is 51.3 Å². The number of fused-ring (bicyclic) bond motifs is 1. The molecular formula is C23H32ClN5O3. The second kappa shape index (κ2) is 9.67. The van der Waals surface area contributed by atoms with Crippen molar-refractivity contribution in [2.45, 2.75) is 51.6 Å². The van der Waals surface area contributed by atoms with Gasteiger partial charge < -0.3 is 19.9 Å². The van der Waals surface area contributed by atoms with Crippen molar-refractivity contribution < 1.29 is 14.3 Å². The molecule has 8 nitrogen and oxygen atoms in total. The summed E-state index contributed by atoms with van der Waals surface area (Å²) < 4.78 is 4.66. The van der Waals surface area contributed by atoms with Gasteiger partial charge in [0.1, 0.15) is 0 Å². The Morgan fingerprint density at radius 3 is 2.66 bits per heavy atom. The zero-order valence-corrected chi connectivity index (χ0v) is 19.7. The van der Waals surface area contributed by atoms with E-state index in [1.165, 1.54) is 7.11 Å². The number of hydrogen-bond donors (Lipinski definition) is 2. The molecule has 1 aromatic heterocycles. The highest BCUT2D eigenvalue weighted by Gasteiger charge is 2.30. The normalized spacial score (nSPS) is 24.5. The van der Waals surface area contributed by atoms with E-state index in [1.807, 2.05) is 12.1 Å². The molecule has 1 saturated heterocycles. The number of methoxy groups -OCH3 is 1. The Hall–Kier alpha value is -2.32. The zero-order valence-electron chi connectivity index (χ0n) is 19.0. The molecule has 2 aliphatic rings. The number of halogens is 1. The first-order valence-electron chi connectivity index (χ1n) is 11.5. The van der Waals surface area contributed by atoms with Crippen molar-refractivity contribution in [2.24, 2.45) is 5.92 Å². The van der Waals surface area contributed by atoms with Gasteiger partial charge in [-0.25, -0.2) is 9.78 Å². The molecule has 0 bridgehead atoms. The van der Waals surface area contributed by atoms with Crippen molar-refractivity contribution in [3.63, 3.8) is 0 Å². The molecule has 2 heterocycles. The Labute approximate surface area is 193 Å². The number of aromatic nitrogens is 2. The maximum absolute atomic E-state index is 13.1. The summed E-state index contributed by atoms with van der Waals surface area (Å²) in [5, 5.41) is 3.49. The van der Waals surface area contributed by atoms with Gasteiger partial charge in [0.25, 0.3) is 0 Å². The number of piperazine rings is 1. The summed E-state index contributed by atoms with van der Waals surface area (Å²) in [6, 6.07) is 4.29. The number of anilines is 1.